The molecule has 1 aliphatic heterocycles. The van der Waals surface area contributed by atoms with Gasteiger partial charge in [0.2, 0.25) is 0 Å². The Hall–Kier alpha value is -0.650. The average molecular weight is 246 g/mol. The molecule has 100 valence electrons. The number of carbonyl (C=O) groups is 1. The largest absolute Gasteiger partial charge is 0.467 e. The number of hydrogen-bond donors (Lipinski definition) is 1. The highest BCUT2D eigenvalue weighted by Crippen LogP contribution is 2.22. The molecular formula is C12H22O5. The zero-order valence-electron chi connectivity index (χ0n) is 10.9. The van der Waals surface area contributed by atoms with Gasteiger partial charge in [0.1, 0.15) is 0 Å². The first-order valence-electron chi connectivity index (χ1n) is 5.93. The molecule has 1 heterocycles. The van der Waals surface area contributed by atoms with E-state index in [4.69, 9.17) is 9.47 Å². The summed E-state index contributed by atoms with van der Waals surface area (Å²) in [5.74, 6) is -0.675. The second-order valence-electron chi connectivity index (χ2n) is 4.93. The van der Waals surface area contributed by atoms with E-state index in [-0.39, 0.29) is 24.9 Å². The van der Waals surface area contributed by atoms with Crippen LogP contribution < -0.4 is 0 Å². The molecule has 0 bridgehead atoms. The van der Waals surface area contributed by atoms with Gasteiger partial charge in [-0.2, -0.15) is 0 Å². The van der Waals surface area contributed by atoms with Gasteiger partial charge in [-0.1, -0.05) is 0 Å². The Morgan fingerprint density at radius 2 is 1.94 bits per heavy atom. The Balaban J connectivity index is 2.42. The monoisotopic (exact) mass is 246 g/mol. The van der Waals surface area contributed by atoms with Crippen LogP contribution in [0.2, 0.25) is 0 Å². The summed E-state index contributed by atoms with van der Waals surface area (Å²) >= 11 is 0. The van der Waals surface area contributed by atoms with Crippen LogP contribution >= 0.6 is 0 Å². The molecule has 0 spiro atoms. The van der Waals surface area contributed by atoms with Crippen LogP contribution in [0.3, 0.4) is 0 Å². The quantitative estimate of drug-likeness (QED) is 0.746. The van der Waals surface area contributed by atoms with E-state index in [1.165, 1.54) is 14.0 Å². The summed E-state index contributed by atoms with van der Waals surface area (Å²) in [5, 5.41) is 9.81. The third-order valence-corrected chi connectivity index (χ3v) is 2.88. The molecule has 1 rings (SSSR count). The van der Waals surface area contributed by atoms with Crippen LogP contribution in [0, 0.1) is 0 Å². The van der Waals surface area contributed by atoms with Crippen molar-refractivity contribution in [3.05, 3.63) is 0 Å². The molecule has 5 nitrogen and oxygen atoms in total. The van der Waals surface area contributed by atoms with Gasteiger partial charge in [-0.05, 0) is 33.6 Å². The fraction of sp³-hybridized carbons (Fsp3) is 0.917. The smallest absolute Gasteiger partial charge is 0.339 e. The Kier molecular flexibility index (Phi) is 4.91. The summed E-state index contributed by atoms with van der Waals surface area (Å²) in [6.07, 6.45) is 1.87. The molecule has 0 aromatic rings. The van der Waals surface area contributed by atoms with Gasteiger partial charge in [0.15, 0.2) is 5.60 Å². The van der Waals surface area contributed by atoms with Gasteiger partial charge >= 0.3 is 5.97 Å². The number of ether oxygens (including phenoxy) is 3. The fourth-order valence-corrected chi connectivity index (χ4v) is 2.04. The molecule has 1 aliphatic rings. The second kappa shape index (κ2) is 5.80. The molecule has 3 atom stereocenters. The summed E-state index contributed by atoms with van der Waals surface area (Å²) in [4.78, 5) is 11.3. The predicted octanol–water partition coefficient (Wildman–Crippen LogP) is 0.883. The van der Waals surface area contributed by atoms with Crippen molar-refractivity contribution >= 4 is 5.97 Å². The molecule has 5 heteroatoms. The number of aliphatic hydroxyl groups is 1. The number of carbonyl (C=O) groups excluding carboxylic acids is 1. The van der Waals surface area contributed by atoms with Crippen molar-refractivity contribution in [1.29, 1.82) is 0 Å². The Morgan fingerprint density at radius 1 is 1.41 bits per heavy atom. The zero-order valence-corrected chi connectivity index (χ0v) is 10.9. The van der Waals surface area contributed by atoms with Crippen LogP contribution in [0.25, 0.3) is 0 Å². The van der Waals surface area contributed by atoms with Gasteiger partial charge in [-0.25, -0.2) is 4.79 Å². The molecule has 0 radical (unpaired) electrons. The van der Waals surface area contributed by atoms with Crippen molar-refractivity contribution in [3.8, 4) is 0 Å². The second-order valence-corrected chi connectivity index (χ2v) is 4.93. The van der Waals surface area contributed by atoms with Crippen molar-refractivity contribution in [3.63, 3.8) is 0 Å². The number of methoxy groups -OCH3 is 1. The highest BCUT2D eigenvalue weighted by atomic mass is 16.6. The molecule has 3 unspecified atom stereocenters. The Morgan fingerprint density at radius 3 is 2.41 bits per heavy atom. The number of rotatable bonds is 4. The van der Waals surface area contributed by atoms with Gasteiger partial charge in [-0.3, -0.25) is 0 Å². The van der Waals surface area contributed by atoms with Gasteiger partial charge in [0.05, 0.1) is 32.0 Å². The number of hydrogen-bond acceptors (Lipinski definition) is 5. The van der Waals surface area contributed by atoms with E-state index < -0.39 is 11.6 Å². The molecular weight excluding hydrogens is 224 g/mol. The van der Waals surface area contributed by atoms with E-state index in [9.17, 15) is 9.90 Å². The van der Waals surface area contributed by atoms with Crippen molar-refractivity contribution in [2.75, 3.05) is 13.7 Å². The van der Waals surface area contributed by atoms with Gasteiger partial charge in [-0.15, -0.1) is 0 Å². The highest BCUT2D eigenvalue weighted by molar-refractivity contribution is 5.78. The van der Waals surface area contributed by atoms with E-state index in [0.29, 0.717) is 0 Å². The molecule has 0 saturated carbocycles. The summed E-state index contributed by atoms with van der Waals surface area (Å²) < 4.78 is 15.7. The van der Waals surface area contributed by atoms with Crippen LogP contribution in [-0.4, -0.2) is 48.7 Å². The van der Waals surface area contributed by atoms with Crippen molar-refractivity contribution in [1.82, 2.24) is 0 Å². The van der Waals surface area contributed by atoms with Gasteiger partial charge in [0.25, 0.3) is 0 Å². The van der Waals surface area contributed by atoms with Gasteiger partial charge < -0.3 is 19.3 Å². The number of esters is 1. The first-order chi connectivity index (χ1) is 7.85. The van der Waals surface area contributed by atoms with Crippen LogP contribution in [0.5, 0.6) is 0 Å². The molecule has 17 heavy (non-hydrogen) atoms. The lowest BCUT2D eigenvalue weighted by Crippen LogP contribution is -2.44. The van der Waals surface area contributed by atoms with Gasteiger partial charge in [0, 0.05) is 0 Å². The normalized spacial score (nSPS) is 32.9. The van der Waals surface area contributed by atoms with Crippen LogP contribution in [0.15, 0.2) is 0 Å². The molecule has 0 aromatic carbocycles. The van der Waals surface area contributed by atoms with E-state index in [0.717, 1.165) is 12.8 Å². The first-order valence-corrected chi connectivity index (χ1v) is 5.93. The lowest BCUT2D eigenvalue weighted by Gasteiger charge is -2.33. The highest BCUT2D eigenvalue weighted by Gasteiger charge is 2.34. The fourth-order valence-electron chi connectivity index (χ4n) is 2.04. The summed E-state index contributed by atoms with van der Waals surface area (Å²) in [5.41, 5.74) is -1.58. The standard InChI is InChI=1S/C12H22O5/c1-8-5-10(6-9(2)17-8)16-7-12(3,14)11(13)15-4/h8-10,14H,5-7H2,1-4H3. The lowest BCUT2D eigenvalue weighted by molar-refractivity contribution is -0.173. The minimum atomic E-state index is -1.58. The van der Waals surface area contributed by atoms with E-state index in [2.05, 4.69) is 4.74 Å². The minimum absolute atomic E-state index is 0.0184. The summed E-state index contributed by atoms with van der Waals surface area (Å²) in [7, 11) is 1.25. The molecule has 1 fully saturated rings. The Bertz CT molecular complexity index is 254. The maximum atomic E-state index is 11.3. The van der Waals surface area contributed by atoms with Crippen molar-refractivity contribution in [2.24, 2.45) is 0 Å². The molecule has 0 aliphatic carbocycles. The lowest BCUT2D eigenvalue weighted by atomic mass is 10.0. The summed E-state index contributed by atoms with van der Waals surface area (Å²) in [6, 6.07) is 0. The molecule has 0 aromatic heterocycles. The minimum Gasteiger partial charge on any atom is -0.467 e. The van der Waals surface area contributed by atoms with Crippen LogP contribution in [0.4, 0.5) is 0 Å². The maximum absolute atomic E-state index is 11.3. The van der Waals surface area contributed by atoms with Crippen LogP contribution in [-0.2, 0) is 19.0 Å². The van der Waals surface area contributed by atoms with E-state index >= 15 is 0 Å². The molecule has 1 saturated heterocycles. The van der Waals surface area contributed by atoms with Crippen molar-refractivity contribution in [2.45, 2.75) is 57.5 Å². The van der Waals surface area contributed by atoms with Crippen molar-refractivity contribution < 1.29 is 24.1 Å². The topological polar surface area (TPSA) is 65.0 Å². The predicted molar refractivity (Wildman–Crippen MR) is 61.6 cm³/mol. The molecule has 1 N–H and O–H groups in total. The van der Waals surface area contributed by atoms with E-state index in [1.807, 2.05) is 13.8 Å². The average Bonchev–Trinajstić information content (AvgIpc) is 2.24. The first kappa shape index (κ1) is 14.4. The van der Waals surface area contributed by atoms with E-state index in [1.54, 1.807) is 0 Å². The third-order valence-electron chi connectivity index (χ3n) is 2.88. The molecule has 0 amide bonds. The maximum Gasteiger partial charge on any atom is 0.339 e. The zero-order chi connectivity index (χ0) is 13.1. The third kappa shape index (κ3) is 4.26. The van der Waals surface area contributed by atoms with Crippen LogP contribution in [0.1, 0.15) is 33.6 Å². The summed E-state index contributed by atoms with van der Waals surface area (Å²) in [6.45, 7) is 5.32. The Labute approximate surface area is 102 Å². The SMILES string of the molecule is COC(=O)C(C)(O)COC1CC(C)OC(C)C1.